The molecule has 6 heteroatoms. The number of nitrogens with zero attached hydrogens (tertiary/aromatic N) is 1. The van der Waals surface area contributed by atoms with Crippen LogP contribution in [0, 0.1) is 25.2 Å². The van der Waals surface area contributed by atoms with E-state index in [0.717, 1.165) is 11.1 Å². The average molecular weight is 411 g/mol. The number of aryl methyl sites for hydroxylation is 2. The molecule has 0 spiro atoms. The first-order valence-corrected chi connectivity index (χ1v) is 9.19. The Labute approximate surface area is 173 Å². The molecule has 0 saturated heterocycles. The Morgan fingerprint density at radius 3 is 2.64 bits per heavy atom. The van der Waals surface area contributed by atoms with Gasteiger partial charge in [0.1, 0.15) is 23.2 Å². The van der Waals surface area contributed by atoms with Crippen LogP contribution in [0.3, 0.4) is 0 Å². The number of carbonyl (C=O) groups excluding carboxylic acids is 1. The zero-order valence-electron chi connectivity index (χ0n) is 15.2. The van der Waals surface area contributed by atoms with Gasteiger partial charge in [-0.3, -0.25) is 4.79 Å². The molecule has 4 nitrogen and oxygen atoms in total. The average Bonchev–Trinajstić information content (AvgIpc) is 3.12. The summed E-state index contributed by atoms with van der Waals surface area (Å²) in [5.41, 5.74) is 3.23. The third-order valence-electron chi connectivity index (χ3n) is 4.13. The second-order valence-electron chi connectivity index (χ2n) is 6.25. The Bertz CT molecular complexity index is 1120. The molecule has 1 amide bonds. The van der Waals surface area contributed by atoms with Gasteiger partial charge in [-0.2, -0.15) is 5.26 Å². The topological polar surface area (TPSA) is 66.0 Å². The van der Waals surface area contributed by atoms with Crippen LogP contribution in [0.25, 0.3) is 17.4 Å². The molecule has 0 aliphatic carbocycles. The first kappa shape index (κ1) is 19.8. The monoisotopic (exact) mass is 410 g/mol. The van der Waals surface area contributed by atoms with Gasteiger partial charge in [0.25, 0.3) is 5.91 Å². The van der Waals surface area contributed by atoms with Gasteiger partial charge in [-0.05, 0) is 49.7 Å². The quantitative estimate of drug-likeness (QED) is 0.398. The number of furan rings is 1. The minimum Gasteiger partial charge on any atom is -0.457 e. The molecule has 2 aromatic carbocycles. The summed E-state index contributed by atoms with van der Waals surface area (Å²) in [6.45, 7) is 3.87. The van der Waals surface area contributed by atoms with E-state index in [9.17, 15) is 10.1 Å². The van der Waals surface area contributed by atoms with Crippen LogP contribution in [0.15, 0.2) is 58.5 Å². The van der Waals surface area contributed by atoms with Crippen LogP contribution >= 0.6 is 23.2 Å². The highest BCUT2D eigenvalue weighted by atomic mass is 35.5. The van der Waals surface area contributed by atoms with Crippen LogP contribution in [-0.4, -0.2) is 5.91 Å². The van der Waals surface area contributed by atoms with Crippen LogP contribution in [0.4, 0.5) is 5.69 Å². The van der Waals surface area contributed by atoms with Gasteiger partial charge in [0.2, 0.25) is 0 Å². The summed E-state index contributed by atoms with van der Waals surface area (Å²) in [5.74, 6) is 0.345. The second-order valence-corrected chi connectivity index (χ2v) is 7.03. The molecule has 0 aliphatic heterocycles. The fraction of sp³-hybridized carbons (Fsp3) is 0.0909. The number of amides is 1. The second kappa shape index (κ2) is 8.35. The van der Waals surface area contributed by atoms with Gasteiger partial charge >= 0.3 is 0 Å². The Morgan fingerprint density at radius 2 is 1.93 bits per heavy atom. The third-order valence-corrected chi connectivity index (χ3v) is 4.94. The zero-order valence-corrected chi connectivity index (χ0v) is 16.7. The highest BCUT2D eigenvalue weighted by molar-refractivity contribution is 6.43. The summed E-state index contributed by atoms with van der Waals surface area (Å²) in [6.07, 6.45) is 1.39. The Morgan fingerprint density at radius 1 is 1.14 bits per heavy atom. The smallest absolute Gasteiger partial charge is 0.266 e. The van der Waals surface area contributed by atoms with Crippen molar-refractivity contribution in [2.75, 3.05) is 5.32 Å². The van der Waals surface area contributed by atoms with Gasteiger partial charge < -0.3 is 9.73 Å². The van der Waals surface area contributed by atoms with Gasteiger partial charge in [-0.25, -0.2) is 0 Å². The molecule has 0 aliphatic rings. The number of rotatable bonds is 4. The van der Waals surface area contributed by atoms with Crippen LogP contribution in [-0.2, 0) is 4.79 Å². The van der Waals surface area contributed by atoms with Crippen molar-refractivity contribution >= 4 is 40.9 Å². The maximum absolute atomic E-state index is 12.5. The molecule has 3 aromatic rings. The number of nitriles is 1. The minimum atomic E-state index is -0.506. The van der Waals surface area contributed by atoms with E-state index in [1.54, 1.807) is 30.3 Å². The summed E-state index contributed by atoms with van der Waals surface area (Å²) in [4.78, 5) is 12.5. The molecule has 140 valence electrons. The van der Waals surface area contributed by atoms with Gasteiger partial charge in [-0.1, -0.05) is 47.0 Å². The molecular weight excluding hydrogens is 395 g/mol. The van der Waals surface area contributed by atoms with E-state index in [4.69, 9.17) is 27.6 Å². The summed E-state index contributed by atoms with van der Waals surface area (Å²) >= 11 is 12.2. The molecule has 1 heterocycles. The number of hydrogen-bond acceptors (Lipinski definition) is 3. The lowest BCUT2D eigenvalue weighted by Gasteiger charge is -2.08. The van der Waals surface area contributed by atoms with Crippen molar-refractivity contribution in [1.29, 1.82) is 5.26 Å². The largest absolute Gasteiger partial charge is 0.457 e. The van der Waals surface area contributed by atoms with E-state index in [0.29, 0.717) is 32.8 Å². The first-order chi connectivity index (χ1) is 13.4. The van der Waals surface area contributed by atoms with Gasteiger partial charge in [0.15, 0.2) is 0 Å². The SMILES string of the molecule is Cc1ccc(NC(=O)/C(C#N)=C/c2ccc(-c3cccc(Cl)c3Cl)o2)c(C)c1. The van der Waals surface area contributed by atoms with Gasteiger partial charge in [0, 0.05) is 17.3 Å². The van der Waals surface area contributed by atoms with Crippen molar-refractivity contribution in [2.24, 2.45) is 0 Å². The summed E-state index contributed by atoms with van der Waals surface area (Å²) in [7, 11) is 0. The molecular formula is C22H16Cl2N2O2. The van der Waals surface area contributed by atoms with Crippen LogP contribution < -0.4 is 5.32 Å². The summed E-state index contributed by atoms with van der Waals surface area (Å²) in [5, 5.41) is 12.9. The van der Waals surface area contributed by atoms with Crippen LogP contribution in [0.2, 0.25) is 10.0 Å². The molecule has 0 radical (unpaired) electrons. The number of hydrogen-bond donors (Lipinski definition) is 1. The molecule has 28 heavy (non-hydrogen) atoms. The standard InChI is InChI=1S/C22H16Cl2N2O2/c1-13-6-8-19(14(2)10-13)26-22(27)15(12-25)11-16-7-9-20(28-16)17-4-3-5-18(23)21(17)24/h3-11H,1-2H3,(H,26,27)/b15-11+. The van der Waals surface area contributed by atoms with Crippen molar-refractivity contribution in [3.63, 3.8) is 0 Å². The van der Waals surface area contributed by atoms with Crippen molar-refractivity contribution in [3.8, 4) is 17.4 Å². The highest BCUT2D eigenvalue weighted by Gasteiger charge is 2.14. The van der Waals surface area contributed by atoms with E-state index in [1.807, 2.05) is 38.1 Å². The summed E-state index contributed by atoms with van der Waals surface area (Å²) in [6, 6.07) is 16.2. The molecule has 0 saturated carbocycles. The van der Waals surface area contributed by atoms with E-state index in [1.165, 1.54) is 6.08 Å². The lowest BCUT2D eigenvalue weighted by molar-refractivity contribution is -0.112. The number of benzene rings is 2. The molecule has 0 atom stereocenters. The fourth-order valence-electron chi connectivity index (χ4n) is 2.70. The molecule has 1 N–H and O–H groups in total. The normalized spacial score (nSPS) is 11.2. The summed E-state index contributed by atoms with van der Waals surface area (Å²) < 4.78 is 5.73. The van der Waals surface area contributed by atoms with E-state index < -0.39 is 5.91 Å². The predicted octanol–water partition coefficient (Wildman–Crippen LogP) is 6.42. The Kier molecular flexibility index (Phi) is 5.89. The maximum Gasteiger partial charge on any atom is 0.266 e. The van der Waals surface area contributed by atoms with Crippen molar-refractivity contribution < 1.29 is 9.21 Å². The molecule has 0 bridgehead atoms. The molecule has 0 unspecified atom stereocenters. The highest BCUT2D eigenvalue weighted by Crippen LogP contribution is 2.34. The zero-order chi connectivity index (χ0) is 20.3. The first-order valence-electron chi connectivity index (χ1n) is 8.43. The lowest BCUT2D eigenvalue weighted by atomic mass is 10.1. The van der Waals surface area contributed by atoms with Crippen molar-refractivity contribution in [3.05, 3.63) is 81.0 Å². The maximum atomic E-state index is 12.5. The molecule has 3 rings (SSSR count). The van der Waals surface area contributed by atoms with Crippen LogP contribution in [0.5, 0.6) is 0 Å². The number of anilines is 1. The van der Waals surface area contributed by atoms with Crippen molar-refractivity contribution in [2.45, 2.75) is 13.8 Å². The predicted molar refractivity (Wildman–Crippen MR) is 112 cm³/mol. The van der Waals surface area contributed by atoms with E-state index >= 15 is 0 Å². The van der Waals surface area contributed by atoms with E-state index in [-0.39, 0.29) is 5.57 Å². The van der Waals surface area contributed by atoms with Gasteiger partial charge in [-0.15, -0.1) is 0 Å². The number of nitrogens with one attached hydrogen (secondary N) is 1. The third kappa shape index (κ3) is 4.28. The Balaban J connectivity index is 1.85. The number of halogens is 2. The Hall–Kier alpha value is -3.00. The van der Waals surface area contributed by atoms with Crippen LogP contribution in [0.1, 0.15) is 16.9 Å². The van der Waals surface area contributed by atoms with Crippen molar-refractivity contribution in [1.82, 2.24) is 0 Å². The van der Waals surface area contributed by atoms with Gasteiger partial charge in [0.05, 0.1) is 10.0 Å². The fourth-order valence-corrected chi connectivity index (χ4v) is 3.10. The van der Waals surface area contributed by atoms with E-state index in [2.05, 4.69) is 5.32 Å². The molecule has 0 fully saturated rings. The number of carbonyl (C=O) groups is 1. The lowest BCUT2D eigenvalue weighted by Crippen LogP contribution is -2.14. The minimum absolute atomic E-state index is 0.0712. The molecule has 1 aromatic heterocycles.